The second-order valence-electron chi connectivity index (χ2n) is 6.67. The lowest BCUT2D eigenvalue weighted by atomic mass is 10.0. The summed E-state index contributed by atoms with van der Waals surface area (Å²) in [5, 5.41) is 8.61. The Labute approximate surface area is 166 Å². The second kappa shape index (κ2) is 7.40. The van der Waals surface area contributed by atoms with Crippen molar-refractivity contribution in [1.82, 2.24) is 10.3 Å². The van der Waals surface area contributed by atoms with Gasteiger partial charge < -0.3 is 10.6 Å². The molecule has 1 heterocycles. The number of rotatable bonds is 3. The molecule has 0 aliphatic heterocycles. The first-order chi connectivity index (χ1) is 13.5. The molecule has 0 aliphatic rings. The Morgan fingerprint density at radius 3 is 2.57 bits per heavy atom. The van der Waals surface area contributed by atoms with Crippen molar-refractivity contribution in [1.29, 1.82) is 0 Å². The molecule has 5 nitrogen and oxygen atoms in total. The van der Waals surface area contributed by atoms with Crippen molar-refractivity contribution in [2.75, 3.05) is 5.32 Å². The number of hydrogen-bond donors (Lipinski definition) is 2. The Kier molecular flexibility index (Phi) is 4.79. The van der Waals surface area contributed by atoms with Crippen LogP contribution in [-0.2, 0) is 9.59 Å². The van der Waals surface area contributed by atoms with E-state index in [9.17, 15) is 9.59 Å². The van der Waals surface area contributed by atoms with Gasteiger partial charge in [-0.1, -0.05) is 36.4 Å². The maximum absolute atomic E-state index is 12.3. The monoisotopic (exact) mass is 389 g/mol. The molecular weight excluding hydrogens is 370 g/mol. The van der Waals surface area contributed by atoms with E-state index in [4.69, 9.17) is 0 Å². The third-order valence-corrected chi connectivity index (χ3v) is 5.51. The minimum absolute atomic E-state index is 0.283. The number of anilines is 1. The number of hydrogen-bond acceptors (Lipinski definition) is 4. The molecule has 4 aromatic rings. The maximum atomic E-state index is 12.3. The zero-order valence-corrected chi connectivity index (χ0v) is 16.3. The van der Waals surface area contributed by atoms with E-state index in [0.29, 0.717) is 5.69 Å². The van der Waals surface area contributed by atoms with Gasteiger partial charge in [-0.25, -0.2) is 4.98 Å². The molecule has 28 heavy (non-hydrogen) atoms. The molecule has 0 bridgehead atoms. The summed E-state index contributed by atoms with van der Waals surface area (Å²) < 4.78 is 0.972. The zero-order chi connectivity index (χ0) is 19.7. The Balaban J connectivity index is 1.44. The standard InChI is InChI=1S/C22H19N3O2S/c1-13(16-8-7-15-5-3-4-6-17(15)11-16)23-21(26)22(27)25-18-9-10-19-20(12-18)28-14(2)24-19/h3-13H,1-2H3,(H,23,26)(H,25,27)/t13-/m0/s1. The van der Waals surface area contributed by atoms with Crippen LogP contribution in [-0.4, -0.2) is 16.8 Å². The van der Waals surface area contributed by atoms with E-state index in [2.05, 4.69) is 15.6 Å². The van der Waals surface area contributed by atoms with Crippen LogP contribution < -0.4 is 10.6 Å². The van der Waals surface area contributed by atoms with E-state index in [1.807, 2.05) is 68.4 Å². The predicted molar refractivity (Wildman–Crippen MR) is 113 cm³/mol. The number of fused-ring (bicyclic) bond motifs is 2. The highest BCUT2D eigenvalue weighted by atomic mass is 32.1. The van der Waals surface area contributed by atoms with Crippen molar-refractivity contribution >= 4 is 49.8 Å². The van der Waals surface area contributed by atoms with Crippen molar-refractivity contribution in [3.8, 4) is 0 Å². The number of thiazole rings is 1. The van der Waals surface area contributed by atoms with E-state index in [0.717, 1.165) is 31.6 Å². The van der Waals surface area contributed by atoms with Gasteiger partial charge in [0.1, 0.15) is 0 Å². The van der Waals surface area contributed by atoms with Crippen LogP contribution in [0.1, 0.15) is 23.5 Å². The first-order valence-electron chi connectivity index (χ1n) is 8.97. The number of amides is 2. The number of carbonyl (C=O) groups is 2. The second-order valence-corrected chi connectivity index (χ2v) is 7.91. The molecule has 0 radical (unpaired) electrons. The Bertz CT molecular complexity index is 1200. The summed E-state index contributed by atoms with van der Waals surface area (Å²) in [6.45, 7) is 3.80. The molecule has 0 saturated heterocycles. The molecule has 3 aromatic carbocycles. The number of aromatic nitrogens is 1. The van der Waals surface area contributed by atoms with Crippen LogP contribution in [0.3, 0.4) is 0 Å². The zero-order valence-electron chi connectivity index (χ0n) is 15.5. The van der Waals surface area contributed by atoms with Crippen LogP contribution in [0.5, 0.6) is 0 Å². The highest BCUT2D eigenvalue weighted by molar-refractivity contribution is 7.18. The lowest BCUT2D eigenvalue weighted by molar-refractivity contribution is -0.136. The minimum atomic E-state index is -0.687. The van der Waals surface area contributed by atoms with Gasteiger partial charge in [0, 0.05) is 5.69 Å². The summed E-state index contributed by atoms with van der Waals surface area (Å²) in [6.07, 6.45) is 0. The van der Waals surface area contributed by atoms with Crippen molar-refractivity contribution in [3.05, 3.63) is 71.2 Å². The van der Waals surface area contributed by atoms with Crippen LogP contribution in [0.2, 0.25) is 0 Å². The molecule has 140 valence electrons. The van der Waals surface area contributed by atoms with Gasteiger partial charge >= 0.3 is 11.8 Å². The summed E-state index contributed by atoms with van der Waals surface area (Å²) in [7, 11) is 0. The van der Waals surface area contributed by atoms with Gasteiger partial charge in [-0.2, -0.15) is 0 Å². The average molecular weight is 389 g/mol. The summed E-state index contributed by atoms with van der Waals surface area (Å²) >= 11 is 1.55. The minimum Gasteiger partial charge on any atom is -0.341 e. The normalized spacial score (nSPS) is 12.1. The van der Waals surface area contributed by atoms with Crippen molar-refractivity contribution in [2.24, 2.45) is 0 Å². The maximum Gasteiger partial charge on any atom is 0.313 e. The highest BCUT2D eigenvalue weighted by Gasteiger charge is 2.18. The van der Waals surface area contributed by atoms with Crippen LogP contribution in [0, 0.1) is 6.92 Å². The molecule has 4 rings (SSSR count). The molecule has 2 amide bonds. The fraction of sp³-hybridized carbons (Fsp3) is 0.136. The molecule has 0 saturated carbocycles. The number of benzene rings is 3. The van der Waals surface area contributed by atoms with Gasteiger partial charge in [0.05, 0.1) is 21.3 Å². The first-order valence-corrected chi connectivity index (χ1v) is 9.79. The Morgan fingerprint density at radius 1 is 0.964 bits per heavy atom. The fourth-order valence-electron chi connectivity index (χ4n) is 3.13. The SMILES string of the molecule is Cc1nc2ccc(NC(=O)C(=O)N[C@@H](C)c3ccc4ccccc4c3)cc2s1. The van der Waals surface area contributed by atoms with Gasteiger partial charge in [-0.15, -0.1) is 11.3 Å². The molecule has 6 heteroatoms. The van der Waals surface area contributed by atoms with E-state index in [1.165, 1.54) is 0 Å². The molecule has 0 unspecified atom stereocenters. The van der Waals surface area contributed by atoms with Crippen molar-refractivity contribution in [2.45, 2.75) is 19.9 Å². The first kappa shape index (κ1) is 18.1. The average Bonchev–Trinajstić information content (AvgIpc) is 3.06. The lowest BCUT2D eigenvalue weighted by Gasteiger charge is -2.15. The smallest absolute Gasteiger partial charge is 0.313 e. The van der Waals surface area contributed by atoms with Crippen LogP contribution in [0.4, 0.5) is 5.69 Å². The van der Waals surface area contributed by atoms with E-state index >= 15 is 0 Å². The summed E-state index contributed by atoms with van der Waals surface area (Å²) in [4.78, 5) is 29.0. The molecule has 1 atom stereocenters. The molecular formula is C22H19N3O2S. The van der Waals surface area contributed by atoms with Gasteiger partial charge in [0.2, 0.25) is 0 Å². The Morgan fingerprint density at radius 2 is 1.75 bits per heavy atom. The molecule has 1 aromatic heterocycles. The topological polar surface area (TPSA) is 71.1 Å². The number of aryl methyl sites for hydroxylation is 1. The third-order valence-electron chi connectivity index (χ3n) is 4.58. The predicted octanol–water partition coefficient (Wildman–Crippen LogP) is 4.57. The quantitative estimate of drug-likeness (QED) is 0.504. The van der Waals surface area contributed by atoms with Crippen LogP contribution >= 0.6 is 11.3 Å². The van der Waals surface area contributed by atoms with Crippen LogP contribution in [0.25, 0.3) is 21.0 Å². The van der Waals surface area contributed by atoms with Crippen molar-refractivity contribution < 1.29 is 9.59 Å². The molecule has 2 N–H and O–H groups in total. The van der Waals surface area contributed by atoms with Crippen LogP contribution in [0.15, 0.2) is 60.7 Å². The van der Waals surface area contributed by atoms with E-state index in [1.54, 1.807) is 17.4 Å². The summed E-state index contributed by atoms with van der Waals surface area (Å²) in [5.41, 5.74) is 2.41. The highest BCUT2D eigenvalue weighted by Crippen LogP contribution is 2.25. The fourth-order valence-corrected chi connectivity index (χ4v) is 3.99. The van der Waals surface area contributed by atoms with E-state index < -0.39 is 11.8 Å². The number of nitrogens with one attached hydrogen (secondary N) is 2. The summed E-state index contributed by atoms with van der Waals surface area (Å²) in [5.74, 6) is -1.35. The third kappa shape index (κ3) is 3.73. The van der Waals surface area contributed by atoms with Crippen molar-refractivity contribution in [3.63, 3.8) is 0 Å². The lowest BCUT2D eigenvalue weighted by Crippen LogP contribution is -2.36. The van der Waals surface area contributed by atoms with Gasteiger partial charge in [0.25, 0.3) is 0 Å². The molecule has 0 fully saturated rings. The van der Waals surface area contributed by atoms with Gasteiger partial charge in [-0.3, -0.25) is 9.59 Å². The van der Waals surface area contributed by atoms with Gasteiger partial charge in [0.15, 0.2) is 0 Å². The molecule has 0 aliphatic carbocycles. The number of nitrogens with zero attached hydrogens (tertiary/aromatic N) is 1. The van der Waals surface area contributed by atoms with E-state index in [-0.39, 0.29) is 6.04 Å². The number of carbonyl (C=O) groups excluding carboxylic acids is 2. The summed E-state index contributed by atoms with van der Waals surface area (Å²) in [6, 6.07) is 19.2. The Hall–Kier alpha value is -3.25. The van der Waals surface area contributed by atoms with Gasteiger partial charge in [-0.05, 0) is 54.4 Å². The molecule has 0 spiro atoms. The largest absolute Gasteiger partial charge is 0.341 e.